The summed E-state index contributed by atoms with van der Waals surface area (Å²) < 4.78 is 0. The summed E-state index contributed by atoms with van der Waals surface area (Å²) >= 11 is 6.04. The van der Waals surface area contributed by atoms with Gasteiger partial charge < -0.3 is 10.2 Å². The van der Waals surface area contributed by atoms with E-state index in [1.807, 2.05) is 35.2 Å². The fourth-order valence-electron chi connectivity index (χ4n) is 3.91. The van der Waals surface area contributed by atoms with Crippen LogP contribution < -0.4 is 5.32 Å². The number of benzene rings is 1. The molecular formula is C19H17ClN4O. The van der Waals surface area contributed by atoms with Crippen LogP contribution in [0.15, 0.2) is 42.5 Å². The third kappa shape index (κ3) is 2.94. The number of amides is 1. The van der Waals surface area contributed by atoms with Crippen LogP contribution >= 0.6 is 11.6 Å². The van der Waals surface area contributed by atoms with Gasteiger partial charge in [-0.1, -0.05) is 29.8 Å². The maximum Gasteiger partial charge on any atom is 0.270 e. The van der Waals surface area contributed by atoms with Gasteiger partial charge in [-0.15, -0.1) is 0 Å². The average Bonchev–Trinajstić information content (AvgIpc) is 3.18. The van der Waals surface area contributed by atoms with Crippen molar-refractivity contribution in [2.45, 2.75) is 37.4 Å². The number of carbonyl (C=O) groups excluding carboxylic acids is 1. The molecule has 1 aromatic heterocycles. The minimum atomic E-state index is -0.195. The molecule has 0 unspecified atom stereocenters. The molecule has 2 saturated heterocycles. The van der Waals surface area contributed by atoms with Crippen LogP contribution in [0.25, 0.3) is 11.3 Å². The molecule has 1 N–H and O–H groups in total. The Bertz CT molecular complexity index is 862. The summed E-state index contributed by atoms with van der Waals surface area (Å²) in [6.45, 7) is 0. The molecule has 0 spiro atoms. The topological polar surface area (TPSA) is 69.0 Å². The Morgan fingerprint density at radius 3 is 2.88 bits per heavy atom. The minimum Gasteiger partial charge on any atom is -0.346 e. The zero-order valence-electron chi connectivity index (χ0n) is 13.5. The third-order valence-electron chi connectivity index (χ3n) is 5.07. The van der Waals surface area contributed by atoms with Gasteiger partial charge in [0, 0.05) is 16.6 Å². The highest BCUT2D eigenvalue weighted by molar-refractivity contribution is 6.30. The molecule has 2 aliphatic heterocycles. The normalized spacial score (nSPS) is 24.2. The van der Waals surface area contributed by atoms with E-state index in [2.05, 4.69) is 16.5 Å². The van der Waals surface area contributed by atoms with Crippen LogP contribution in [0.4, 0.5) is 0 Å². The van der Waals surface area contributed by atoms with Gasteiger partial charge in [0.05, 0.1) is 17.8 Å². The lowest BCUT2D eigenvalue weighted by Gasteiger charge is -2.21. The number of hydrogen-bond donors (Lipinski definition) is 1. The number of nitrogens with one attached hydrogen (secondary N) is 1. The van der Waals surface area contributed by atoms with Crippen molar-refractivity contribution >= 4 is 17.5 Å². The van der Waals surface area contributed by atoms with E-state index in [0.717, 1.165) is 24.8 Å². The Labute approximate surface area is 151 Å². The summed E-state index contributed by atoms with van der Waals surface area (Å²) in [5.74, 6) is -0.195. The van der Waals surface area contributed by atoms with Crippen LogP contribution in [0.3, 0.4) is 0 Å². The summed E-state index contributed by atoms with van der Waals surface area (Å²) in [6, 6.07) is 13.2. The largest absolute Gasteiger partial charge is 0.346 e. The molecule has 4 rings (SSSR count). The van der Waals surface area contributed by atoms with E-state index in [1.165, 1.54) is 0 Å². The van der Waals surface area contributed by atoms with Crippen molar-refractivity contribution in [1.29, 1.82) is 5.26 Å². The van der Waals surface area contributed by atoms with Crippen LogP contribution in [0.1, 0.15) is 29.8 Å². The molecule has 2 bridgehead atoms. The Morgan fingerprint density at radius 1 is 1.28 bits per heavy atom. The molecule has 2 aliphatic rings. The van der Waals surface area contributed by atoms with E-state index >= 15 is 0 Å². The Balaban J connectivity index is 1.52. The van der Waals surface area contributed by atoms with E-state index in [4.69, 9.17) is 11.6 Å². The summed E-state index contributed by atoms with van der Waals surface area (Å²) in [4.78, 5) is 18.9. The van der Waals surface area contributed by atoms with Gasteiger partial charge in [-0.3, -0.25) is 4.79 Å². The number of rotatable bonds is 3. The van der Waals surface area contributed by atoms with Crippen molar-refractivity contribution in [3.05, 3.63) is 53.2 Å². The summed E-state index contributed by atoms with van der Waals surface area (Å²) in [7, 11) is 0. The first-order valence-corrected chi connectivity index (χ1v) is 8.75. The quantitative estimate of drug-likeness (QED) is 0.861. The molecule has 5 nitrogen and oxygen atoms in total. The second kappa shape index (κ2) is 6.38. The highest BCUT2D eigenvalue weighted by Gasteiger charge is 2.46. The van der Waals surface area contributed by atoms with Gasteiger partial charge in [0.1, 0.15) is 5.69 Å². The standard InChI is InChI=1S/C19H17ClN4O/c20-13-4-1-3-12(9-13)15-5-2-6-16(22-15)19(25)23-17-10-14-7-8-18(17)24(14)11-21/h1-6,9,14,17-18H,7-8,10H2,(H,23,25)/t14-,17+,18+/m0/s1. The van der Waals surface area contributed by atoms with Gasteiger partial charge in [0.25, 0.3) is 5.91 Å². The number of hydrogen-bond acceptors (Lipinski definition) is 4. The van der Waals surface area contributed by atoms with Crippen molar-refractivity contribution in [1.82, 2.24) is 15.2 Å². The van der Waals surface area contributed by atoms with Crippen molar-refractivity contribution < 1.29 is 4.79 Å². The molecule has 0 radical (unpaired) electrons. The fourth-order valence-corrected chi connectivity index (χ4v) is 4.10. The van der Waals surface area contributed by atoms with Gasteiger partial charge in [-0.25, -0.2) is 4.98 Å². The van der Waals surface area contributed by atoms with Crippen molar-refractivity contribution in [3.8, 4) is 17.5 Å². The summed E-state index contributed by atoms with van der Waals surface area (Å²) in [6.07, 6.45) is 5.08. The lowest BCUT2D eigenvalue weighted by atomic mass is 9.95. The highest BCUT2D eigenvalue weighted by atomic mass is 35.5. The maximum atomic E-state index is 12.6. The number of nitrogens with zero attached hydrogens (tertiary/aromatic N) is 3. The molecule has 2 aromatic rings. The Morgan fingerprint density at radius 2 is 2.12 bits per heavy atom. The van der Waals surface area contributed by atoms with Crippen LogP contribution in [-0.4, -0.2) is 33.9 Å². The van der Waals surface area contributed by atoms with E-state index in [1.54, 1.807) is 12.1 Å². The minimum absolute atomic E-state index is 0.0162. The first-order chi connectivity index (χ1) is 12.2. The van der Waals surface area contributed by atoms with Crippen LogP contribution in [0.2, 0.25) is 5.02 Å². The number of aromatic nitrogens is 1. The predicted octanol–water partition coefficient (Wildman–Crippen LogP) is 3.22. The first kappa shape index (κ1) is 15.9. The van der Waals surface area contributed by atoms with E-state index < -0.39 is 0 Å². The zero-order valence-corrected chi connectivity index (χ0v) is 14.3. The van der Waals surface area contributed by atoms with E-state index in [0.29, 0.717) is 16.4 Å². The molecule has 1 aromatic carbocycles. The van der Waals surface area contributed by atoms with Crippen molar-refractivity contribution in [2.24, 2.45) is 0 Å². The Kier molecular flexibility index (Phi) is 4.06. The van der Waals surface area contributed by atoms with Gasteiger partial charge >= 0.3 is 0 Å². The lowest BCUT2D eigenvalue weighted by Crippen LogP contribution is -2.43. The molecule has 25 heavy (non-hydrogen) atoms. The van der Waals surface area contributed by atoms with E-state index in [-0.39, 0.29) is 24.0 Å². The van der Waals surface area contributed by atoms with Gasteiger partial charge in [-0.05, 0) is 43.5 Å². The molecule has 126 valence electrons. The van der Waals surface area contributed by atoms with Gasteiger partial charge in [0.15, 0.2) is 6.19 Å². The fraction of sp³-hybridized carbons (Fsp3) is 0.316. The first-order valence-electron chi connectivity index (χ1n) is 8.37. The number of halogens is 1. The highest BCUT2D eigenvalue weighted by Crippen LogP contribution is 2.37. The molecule has 1 amide bonds. The lowest BCUT2D eigenvalue weighted by molar-refractivity contribution is 0.0923. The smallest absolute Gasteiger partial charge is 0.270 e. The molecule has 0 saturated carbocycles. The van der Waals surface area contributed by atoms with Crippen LogP contribution in [0, 0.1) is 11.5 Å². The Hall–Kier alpha value is -2.58. The molecule has 6 heteroatoms. The monoisotopic (exact) mass is 352 g/mol. The zero-order chi connectivity index (χ0) is 17.4. The third-order valence-corrected chi connectivity index (χ3v) is 5.31. The van der Waals surface area contributed by atoms with Crippen LogP contribution in [0.5, 0.6) is 0 Å². The predicted molar refractivity (Wildman–Crippen MR) is 94.8 cm³/mol. The molecular weight excluding hydrogens is 336 g/mol. The second-order valence-corrected chi connectivity index (χ2v) is 6.98. The number of carbonyl (C=O) groups is 1. The average molecular weight is 353 g/mol. The summed E-state index contributed by atoms with van der Waals surface area (Å²) in [5.41, 5.74) is 1.96. The van der Waals surface area contributed by atoms with Gasteiger partial charge in [-0.2, -0.15) is 5.26 Å². The maximum absolute atomic E-state index is 12.6. The van der Waals surface area contributed by atoms with Gasteiger partial charge in [0.2, 0.25) is 0 Å². The number of nitriles is 1. The van der Waals surface area contributed by atoms with Crippen molar-refractivity contribution in [3.63, 3.8) is 0 Å². The molecule has 3 atom stereocenters. The summed E-state index contributed by atoms with van der Waals surface area (Å²) in [5, 5.41) is 12.9. The molecule has 2 fully saturated rings. The van der Waals surface area contributed by atoms with Crippen molar-refractivity contribution in [2.75, 3.05) is 0 Å². The van der Waals surface area contributed by atoms with Crippen LogP contribution in [-0.2, 0) is 0 Å². The number of fused-ring (bicyclic) bond motifs is 2. The molecule has 0 aliphatic carbocycles. The molecule has 3 heterocycles. The second-order valence-electron chi connectivity index (χ2n) is 6.54. The van der Waals surface area contributed by atoms with E-state index in [9.17, 15) is 10.1 Å². The number of pyridine rings is 1. The SMILES string of the molecule is N#CN1[C@H]2CC[C@@H]1[C@H](NC(=O)c1cccc(-c3cccc(Cl)c3)n1)C2.